The van der Waals surface area contributed by atoms with Crippen LogP contribution in [0.3, 0.4) is 0 Å². The SMILES string of the molecule is Cc1cc(C(=O)CSc2nnc(-c3ccc(Cl)cc3)n2C)c(C)n1Cc1ccc2c(c1)OCO2. The summed E-state index contributed by atoms with van der Waals surface area (Å²) in [6.45, 7) is 4.91. The van der Waals surface area contributed by atoms with Gasteiger partial charge in [-0.2, -0.15) is 0 Å². The minimum Gasteiger partial charge on any atom is -0.454 e. The molecule has 0 amide bonds. The van der Waals surface area contributed by atoms with Crippen LogP contribution in [0.4, 0.5) is 0 Å². The van der Waals surface area contributed by atoms with Crippen molar-refractivity contribution in [1.82, 2.24) is 19.3 Å². The Balaban J connectivity index is 1.29. The summed E-state index contributed by atoms with van der Waals surface area (Å²) in [7, 11) is 1.90. The maximum absolute atomic E-state index is 13.1. The number of halogens is 1. The van der Waals surface area contributed by atoms with Crippen LogP contribution in [0, 0.1) is 13.8 Å². The zero-order valence-electron chi connectivity index (χ0n) is 19.0. The van der Waals surface area contributed by atoms with Crippen molar-refractivity contribution in [2.75, 3.05) is 12.5 Å². The van der Waals surface area contributed by atoms with Gasteiger partial charge in [0.1, 0.15) is 0 Å². The summed E-state index contributed by atoms with van der Waals surface area (Å²) in [6, 6.07) is 15.3. The minimum atomic E-state index is 0.0612. The first-order valence-electron chi connectivity index (χ1n) is 10.8. The second-order valence-electron chi connectivity index (χ2n) is 8.14. The largest absolute Gasteiger partial charge is 0.454 e. The predicted molar refractivity (Wildman–Crippen MR) is 132 cm³/mol. The third-order valence-electron chi connectivity index (χ3n) is 5.92. The normalized spacial score (nSPS) is 12.4. The highest BCUT2D eigenvalue weighted by Crippen LogP contribution is 2.33. The Hall–Kier alpha value is -3.23. The van der Waals surface area contributed by atoms with E-state index in [-0.39, 0.29) is 18.3 Å². The standard InChI is InChI=1S/C25H23ClN4O3S/c1-15-10-20(16(2)30(15)12-17-4-9-22-23(11-17)33-14-32-22)21(31)13-34-25-28-27-24(29(25)3)18-5-7-19(26)8-6-18/h4-11H,12-14H2,1-3H3. The lowest BCUT2D eigenvalue weighted by atomic mass is 10.1. The number of aryl methyl sites for hydroxylation is 1. The average molecular weight is 495 g/mol. The number of hydrogen-bond donors (Lipinski definition) is 0. The summed E-state index contributed by atoms with van der Waals surface area (Å²) in [5.41, 5.74) is 4.72. The van der Waals surface area contributed by atoms with Crippen LogP contribution in [0.25, 0.3) is 11.4 Å². The number of nitrogens with zero attached hydrogens (tertiary/aromatic N) is 4. The van der Waals surface area contributed by atoms with Gasteiger partial charge in [0.15, 0.2) is 28.3 Å². The van der Waals surface area contributed by atoms with Crippen molar-refractivity contribution in [1.29, 1.82) is 0 Å². The molecule has 0 N–H and O–H groups in total. The van der Waals surface area contributed by atoms with E-state index in [1.54, 1.807) is 0 Å². The number of Topliss-reactive ketones (excluding diaryl/α,β-unsaturated/α-hetero) is 1. The quantitative estimate of drug-likeness (QED) is 0.256. The molecule has 0 unspecified atom stereocenters. The molecule has 5 rings (SSSR count). The van der Waals surface area contributed by atoms with Gasteiger partial charge in [0, 0.05) is 41.1 Å². The van der Waals surface area contributed by atoms with Crippen LogP contribution < -0.4 is 9.47 Å². The topological polar surface area (TPSA) is 71.2 Å². The molecule has 0 saturated carbocycles. The van der Waals surface area contributed by atoms with E-state index in [0.29, 0.717) is 16.7 Å². The first kappa shape index (κ1) is 22.6. The molecule has 3 heterocycles. The van der Waals surface area contributed by atoms with Crippen LogP contribution in [0.1, 0.15) is 27.3 Å². The molecule has 1 aliphatic heterocycles. The molecular weight excluding hydrogens is 472 g/mol. The molecule has 0 fully saturated rings. The maximum Gasteiger partial charge on any atom is 0.231 e. The van der Waals surface area contributed by atoms with E-state index in [2.05, 4.69) is 14.8 Å². The Morgan fingerprint density at radius 2 is 1.82 bits per heavy atom. The molecule has 0 radical (unpaired) electrons. The zero-order valence-corrected chi connectivity index (χ0v) is 20.6. The lowest BCUT2D eigenvalue weighted by Crippen LogP contribution is -2.08. The van der Waals surface area contributed by atoms with E-state index in [4.69, 9.17) is 21.1 Å². The minimum absolute atomic E-state index is 0.0612. The number of aromatic nitrogens is 4. The first-order chi connectivity index (χ1) is 16.4. The van der Waals surface area contributed by atoms with E-state index in [9.17, 15) is 4.79 Å². The molecule has 174 valence electrons. The van der Waals surface area contributed by atoms with Gasteiger partial charge in [-0.3, -0.25) is 4.79 Å². The molecule has 0 aliphatic carbocycles. The number of hydrogen-bond acceptors (Lipinski definition) is 6. The molecule has 0 saturated heterocycles. The zero-order chi connectivity index (χ0) is 23.8. The summed E-state index contributed by atoms with van der Waals surface area (Å²) in [5, 5.41) is 9.92. The summed E-state index contributed by atoms with van der Waals surface area (Å²) in [5.74, 6) is 2.59. The van der Waals surface area contributed by atoms with Crippen molar-refractivity contribution >= 4 is 29.1 Å². The molecule has 1 aliphatic rings. The second kappa shape index (κ2) is 9.19. The Labute approximate surface area is 206 Å². The highest BCUT2D eigenvalue weighted by molar-refractivity contribution is 7.99. The molecule has 4 aromatic rings. The van der Waals surface area contributed by atoms with Crippen molar-refractivity contribution in [2.45, 2.75) is 25.5 Å². The van der Waals surface area contributed by atoms with E-state index >= 15 is 0 Å². The van der Waals surface area contributed by atoms with Gasteiger partial charge < -0.3 is 18.6 Å². The molecule has 2 aromatic heterocycles. The number of benzene rings is 2. The lowest BCUT2D eigenvalue weighted by Gasteiger charge is -2.10. The van der Waals surface area contributed by atoms with Crippen LogP contribution in [-0.4, -0.2) is 37.7 Å². The van der Waals surface area contributed by atoms with Gasteiger partial charge in [-0.1, -0.05) is 29.4 Å². The van der Waals surface area contributed by atoms with Crippen molar-refractivity contribution in [3.8, 4) is 22.9 Å². The summed E-state index contributed by atoms with van der Waals surface area (Å²) < 4.78 is 14.9. The van der Waals surface area contributed by atoms with Gasteiger partial charge in [0.2, 0.25) is 6.79 Å². The number of rotatable bonds is 7. The van der Waals surface area contributed by atoms with Crippen molar-refractivity contribution in [2.24, 2.45) is 7.05 Å². The van der Waals surface area contributed by atoms with Crippen molar-refractivity contribution < 1.29 is 14.3 Å². The Kier molecular flexibility index (Phi) is 6.10. The van der Waals surface area contributed by atoms with Crippen LogP contribution in [-0.2, 0) is 13.6 Å². The maximum atomic E-state index is 13.1. The van der Waals surface area contributed by atoms with Crippen LogP contribution in [0.2, 0.25) is 5.02 Å². The van der Waals surface area contributed by atoms with Crippen molar-refractivity contribution in [3.05, 3.63) is 76.1 Å². The third kappa shape index (κ3) is 4.31. The van der Waals surface area contributed by atoms with E-state index in [1.165, 1.54) is 11.8 Å². The fraction of sp³-hybridized carbons (Fsp3) is 0.240. The third-order valence-corrected chi connectivity index (χ3v) is 7.19. The molecule has 0 bridgehead atoms. The van der Waals surface area contributed by atoms with Crippen LogP contribution in [0.15, 0.2) is 53.7 Å². The number of ether oxygens (including phenoxy) is 2. The molecule has 34 heavy (non-hydrogen) atoms. The number of ketones is 1. The van der Waals surface area contributed by atoms with Gasteiger partial charge in [-0.05, 0) is 61.9 Å². The van der Waals surface area contributed by atoms with Crippen molar-refractivity contribution in [3.63, 3.8) is 0 Å². The summed E-state index contributed by atoms with van der Waals surface area (Å²) in [6.07, 6.45) is 0. The van der Waals surface area contributed by atoms with E-state index in [0.717, 1.165) is 45.4 Å². The smallest absolute Gasteiger partial charge is 0.231 e. The van der Waals surface area contributed by atoms with Crippen LogP contribution in [0.5, 0.6) is 11.5 Å². The van der Waals surface area contributed by atoms with Gasteiger partial charge in [-0.15, -0.1) is 10.2 Å². The van der Waals surface area contributed by atoms with Gasteiger partial charge >= 0.3 is 0 Å². The van der Waals surface area contributed by atoms with Gasteiger partial charge in [-0.25, -0.2) is 0 Å². The van der Waals surface area contributed by atoms with E-state index < -0.39 is 0 Å². The highest BCUT2D eigenvalue weighted by atomic mass is 35.5. The molecule has 9 heteroatoms. The second-order valence-corrected chi connectivity index (χ2v) is 9.52. The number of carbonyl (C=O) groups is 1. The predicted octanol–water partition coefficient (Wildman–Crippen LogP) is 5.31. The molecule has 7 nitrogen and oxygen atoms in total. The highest BCUT2D eigenvalue weighted by Gasteiger charge is 2.19. The van der Waals surface area contributed by atoms with Gasteiger partial charge in [0.25, 0.3) is 0 Å². The Morgan fingerprint density at radius 3 is 2.62 bits per heavy atom. The molecule has 0 spiro atoms. The fourth-order valence-corrected chi connectivity index (χ4v) is 4.97. The number of carbonyl (C=O) groups excluding carboxylic acids is 1. The van der Waals surface area contributed by atoms with Crippen LogP contribution >= 0.6 is 23.4 Å². The number of thioether (sulfide) groups is 1. The molecular formula is C25H23ClN4O3S. The first-order valence-corrected chi connectivity index (χ1v) is 12.1. The van der Waals surface area contributed by atoms with Gasteiger partial charge in [0.05, 0.1) is 5.75 Å². The Bertz CT molecular complexity index is 1380. The number of fused-ring (bicyclic) bond motifs is 1. The fourth-order valence-electron chi connectivity index (χ4n) is 4.05. The average Bonchev–Trinajstić information content (AvgIpc) is 3.52. The van der Waals surface area contributed by atoms with E-state index in [1.807, 2.05) is 74.0 Å². The Morgan fingerprint density at radius 1 is 1.06 bits per heavy atom. The summed E-state index contributed by atoms with van der Waals surface area (Å²) >= 11 is 7.37. The molecule has 2 aromatic carbocycles. The molecule has 0 atom stereocenters. The summed E-state index contributed by atoms with van der Waals surface area (Å²) in [4.78, 5) is 13.1. The monoisotopic (exact) mass is 494 g/mol. The lowest BCUT2D eigenvalue weighted by molar-refractivity contribution is 0.102.